The first-order valence-electron chi connectivity index (χ1n) is 24.6. The summed E-state index contributed by atoms with van der Waals surface area (Å²) in [5.74, 6) is -4.46. The first-order valence-corrected chi connectivity index (χ1v) is 24.6. The fraction of sp³-hybridized carbons (Fsp3) is 0.851. The predicted octanol–water partition coefficient (Wildman–Crippen LogP) is 4.18. The second kappa shape index (κ2) is 37.4. The Kier molecular flexibility index (Phi) is 35.2. The number of unbranched alkanes of at least 4 members (excludes halogenated alkanes) is 13. The summed E-state index contributed by atoms with van der Waals surface area (Å²) in [6.45, 7) is 12.4. The van der Waals surface area contributed by atoms with E-state index in [0.717, 1.165) is 25.7 Å². The SMILES string of the molecule is CCCCCCCCCCCCCC(=O)N[C@@H](CC(C)C)C(=O)N[C@@H](CCCCN)C(=O)N[C@@H](CCCCN)C(=O)N[C@@H](C)C(=O)N[C@@H](CC(C)C)C(=O)N[C@@H](CCCCN)C(=O)O. The van der Waals surface area contributed by atoms with Crippen LogP contribution in [0.25, 0.3) is 0 Å². The number of carbonyl (C=O) groups excluding carboxylic acids is 6. The summed E-state index contributed by atoms with van der Waals surface area (Å²) in [7, 11) is 0. The summed E-state index contributed by atoms with van der Waals surface area (Å²) in [4.78, 5) is 93.1. The van der Waals surface area contributed by atoms with E-state index in [2.05, 4.69) is 38.8 Å². The average molecular weight is 910 g/mol. The van der Waals surface area contributed by atoms with Crippen molar-refractivity contribution in [2.24, 2.45) is 29.0 Å². The topological polar surface area (TPSA) is 290 Å². The fourth-order valence-electron chi connectivity index (χ4n) is 7.39. The smallest absolute Gasteiger partial charge is 0.326 e. The van der Waals surface area contributed by atoms with E-state index in [9.17, 15) is 38.7 Å². The van der Waals surface area contributed by atoms with Crippen molar-refractivity contribution in [2.45, 2.75) is 225 Å². The van der Waals surface area contributed by atoms with Crippen LogP contribution in [0, 0.1) is 11.8 Å². The molecule has 17 nitrogen and oxygen atoms in total. The van der Waals surface area contributed by atoms with Gasteiger partial charge in [-0.3, -0.25) is 28.8 Å². The van der Waals surface area contributed by atoms with Crippen LogP contribution in [0.15, 0.2) is 0 Å². The van der Waals surface area contributed by atoms with E-state index in [0.29, 0.717) is 71.0 Å². The van der Waals surface area contributed by atoms with Gasteiger partial charge in [0.15, 0.2) is 0 Å². The normalized spacial score (nSPS) is 14.2. The molecule has 0 heterocycles. The lowest BCUT2D eigenvalue weighted by Gasteiger charge is -2.27. The molecule has 0 rings (SSSR count). The second-order valence-electron chi connectivity index (χ2n) is 18.3. The van der Waals surface area contributed by atoms with Crippen molar-refractivity contribution in [3.63, 3.8) is 0 Å². The largest absolute Gasteiger partial charge is 0.480 e. The molecular weight excluding hydrogens is 819 g/mol. The summed E-state index contributed by atoms with van der Waals surface area (Å²) in [6.07, 6.45) is 17.5. The summed E-state index contributed by atoms with van der Waals surface area (Å²) >= 11 is 0. The number of amides is 6. The Bertz CT molecular complexity index is 1330. The van der Waals surface area contributed by atoms with Gasteiger partial charge in [0.25, 0.3) is 0 Å². The molecule has 17 heteroatoms. The van der Waals surface area contributed by atoms with Crippen molar-refractivity contribution in [1.82, 2.24) is 31.9 Å². The highest BCUT2D eigenvalue weighted by atomic mass is 16.4. The Morgan fingerprint density at radius 3 is 1.16 bits per heavy atom. The first kappa shape index (κ1) is 60.2. The minimum absolute atomic E-state index is 0.0435. The number of carboxylic acids is 1. The molecular formula is C47H91N9O8. The van der Waals surface area contributed by atoms with Crippen molar-refractivity contribution in [3.05, 3.63) is 0 Å². The number of rotatable bonds is 40. The van der Waals surface area contributed by atoms with Gasteiger partial charge in [-0.05, 0) is 115 Å². The molecule has 64 heavy (non-hydrogen) atoms. The molecule has 0 radical (unpaired) electrons. The van der Waals surface area contributed by atoms with E-state index in [1.807, 2.05) is 27.7 Å². The van der Waals surface area contributed by atoms with Gasteiger partial charge < -0.3 is 54.2 Å². The molecule has 0 aromatic carbocycles. The molecule has 0 aromatic rings. The van der Waals surface area contributed by atoms with E-state index in [1.165, 1.54) is 51.9 Å². The van der Waals surface area contributed by atoms with Gasteiger partial charge in [-0.25, -0.2) is 4.79 Å². The molecule has 0 bridgehead atoms. The third kappa shape index (κ3) is 29.6. The summed E-state index contributed by atoms with van der Waals surface area (Å²) in [5.41, 5.74) is 17.0. The van der Waals surface area contributed by atoms with E-state index in [1.54, 1.807) is 0 Å². The molecule has 0 aliphatic heterocycles. The standard InChI is InChI=1S/C47H91N9O8/c1-7-8-9-10-11-12-13-14-15-16-17-27-41(57)52-39(31-33(2)3)45(61)54-37(25-19-22-29-49)44(60)53-36(24-18-21-28-48)43(59)51-35(6)42(58)56-40(32-34(4)5)46(62)55-38(47(63)64)26-20-23-30-50/h33-40H,7-32,48-50H2,1-6H3,(H,51,59)(H,52,57)(H,53,60)(H,54,61)(H,55,62)(H,56,58)(H,63,64)/t35-,36-,37-,38-,39-,40-/m0/s1. The number of carboxylic acid groups (broad SMARTS) is 1. The van der Waals surface area contributed by atoms with E-state index in [4.69, 9.17) is 17.2 Å². The number of hydrogen-bond acceptors (Lipinski definition) is 10. The lowest BCUT2D eigenvalue weighted by Crippen LogP contribution is -2.59. The molecule has 0 aliphatic rings. The number of hydrogen-bond donors (Lipinski definition) is 10. The summed E-state index contributed by atoms with van der Waals surface area (Å²) < 4.78 is 0. The van der Waals surface area contributed by atoms with Crippen LogP contribution in [0.4, 0.5) is 0 Å². The molecule has 0 saturated heterocycles. The van der Waals surface area contributed by atoms with Gasteiger partial charge in [0.2, 0.25) is 35.4 Å². The van der Waals surface area contributed by atoms with Crippen LogP contribution in [0.5, 0.6) is 0 Å². The molecule has 0 saturated carbocycles. The molecule has 0 unspecified atom stereocenters. The van der Waals surface area contributed by atoms with Crippen molar-refractivity contribution in [3.8, 4) is 0 Å². The van der Waals surface area contributed by atoms with Crippen LogP contribution in [0.1, 0.15) is 189 Å². The Morgan fingerprint density at radius 2 is 0.750 bits per heavy atom. The maximum Gasteiger partial charge on any atom is 0.326 e. The third-order valence-corrected chi connectivity index (χ3v) is 11.2. The maximum absolute atomic E-state index is 14.0. The Balaban J connectivity index is 5.79. The zero-order valence-electron chi connectivity index (χ0n) is 40.5. The zero-order chi connectivity index (χ0) is 48.3. The quantitative estimate of drug-likeness (QED) is 0.0389. The van der Waals surface area contributed by atoms with Crippen LogP contribution >= 0.6 is 0 Å². The Morgan fingerprint density at radius 1 is 0.406 bits per heavy atom. The lowest BCUT2D eigenvalue weighted by atomic mass is 10.0. The highest BCUT2D eigenvalue weighted by Gasteiger charge is 2.32. The van der Waals surface area contributed by atoms with Gasteiger partial charge in [0.1, 0.15) is 36.3 Å². The monoisotopic (exact) mass is 910 g/mol. The van der Waals surface area contributed by atoms with Crippen LogP contribution in [0.3, 0.4) is 0 Å². The Labute approximate surface area is 385 Å². The van der Waals surface area contributed by atoms with E-state index < -0.39 is 71.8 Å². The van der Waals surface area contributed by atoms with Crippen molar-refractivity contribution < 1.29 is 38.7 Å². The van der Waals surface area contributed by atoms with E-state index in [-0.39, 0.29) is 43.4 Å². The molecule has 0 spiro atoms. The van der Waals surface area contributed by atoms with Gasteiger partial charge in [-0.15, -0.1) is 0 Å². The van der Waals surface area contributed by atoms with Gasteiger partial charge in [0.05, 0.1) is 0 Å². The minimum Gasteiger partial charge on any atom is -0.480 e. The van der Waals surface area contributed by atoms with Crippen LogP contribution in [0.2, 0.25) is 0 Å². The summed E-state index contributed by atoms with van der Waals surface area (Å²) in [6, 6.07) is -6.37. The second-order valence-corrected chi connectivity index (χ2v) is 18.3. The molecule has 372 valence electrons. The maximum atomic E-state index is 14.0. The lowest BCUT2D eigenvalue weighted by molar-refractivity contribution is -0.142. The van der Waals surface area contributed by atoms with Crippen molar-refractivity contribution in [2.75, 3.05) is 19.6 Å². The summed E-state index contributed by atoms with van der Waals surface area (Å²) in [5, 5.41) is 26.1. The van der Waals surface area contributed by atoms with Crippen molar-refractivity contribution >= 4 is 41.4 Å². The molecule has 0 aliphatic carbocycles. The first-order chi connectivity index (χ1) is 30.5. The molecule has 0 aromatic heterocycles. The van der Waals surface area contributed by atoms with Gasteiger partial charge in [-0.1, -0.05) is 98.8 Å². The number of nitrogens with one attached hydrogen (secondary N) is 6. The molecule has 0 fully saturated rings. The molecule has 6 amide bonds. The van der Waals surface area contributed by atoms with E-state index >= 15 is 0 Å². The fourth-order valence-corrected chi connectivity index (χ4v) is 7.39. The van der Waals surface area contributed by atoms with Gasteiger partial charge in [0, 0.05) is 6.42 Å². The highest BCUT2D eigenvalue weighted by molar-refractivity contribution is 5.96. The highest BCUT2D eigenvalue weighted by Crippen LogP contribution is 2.14. The average Bonchev–Trinajstić information content (AvgIpc) is 3.23. The van der Waals surface area contributed by atoms with Gasteiger partial charge in [-0.2, -0.15) is 0 Å². The van der Waals surface area contributed by atoms with Crippen LogP contribution in [-0.4, -0.2) is 102 Å². The Hall–Kier alpha value is -3.83. The predicted molar refractivity (Wildman–Crippen MR) is 254 cm³/mol. The number of carbonyl (C=O) groups is 7. The number of nitrogens with two attached hydrogens (primary N) is 3. The van der Waals surface area contributed by atoms with Crippen LogP contribution < -0.4 is 49.1 Å². The van der Waals surface area contributed by atoms with Crippen LogP contribution in [-0.2, 0) is 33.6 Å². The molecule has 13 N–H and O–H groups in total. The zero-order valence-corrected chi connectivity index (χ0v) is 40.5. The molecule has 6 atom stereocenters. The minimum atomic E-state index is -1.20. The third-order valence-electron chi connectivity index (χ3n) is 11.2. The van der Waals surface area contributed by atoms with Crippen molar-refractivity contribution in [1.29, 1.82) is 0 Å². The number of aliphatic carboxylic acids is 1. The van der Waals surface area contributed by atoms with Gasteiger partial charge >= 0.3 is 5.97 Å².